The van der Waals surface area contributed by atoms with E-state index in [0.717, 1.165) is 38.9 Å². The molecule has 0 aromatic rings. The molecule has 18 heavy (non-hydrogen) atoms. The normalized spacial score (nSPS) is 18.5. The molecule has 0 aromatic carbocycles. The Balaban J connectivity index is 2.34. The van der Waals surface area contributed by atoms with Crippen molar-refractivity contribution in [3.05, 3.63) is 0 Å². The van der Waals surface area contributed by atoms with Crippen LogP contribution in [0.2, 0.25) is 0 Å². The fraction of sp³-hybridized carbons (Fsp3) is 0.846. The van der Waals surface area contributed by atoms with Crippen molar-refractivity contribution in [2.75, 3.05) is 26.2 Å². The van der Waals surface area contributed by atoms with Crippen molar-refractivity contribution in [1.82, 2.24) is 10.2 Å². The van der Waals surface area contributed by atoms with Gasteiger partial charge in [0.1, 0.15) is 0 Å². The van der Waals surface area contributed by atoms with Crippen molar-refractivity contribution in [2.24, 2.45) is 17.6 Å². The number of piperidine rings is 1. The van der Waals surface area contributed by atoms with Crippen molar-refractivity contribution in [3.63, 3.8) is 0 Å². The van der Waals surface area contributed by atoms with E-state index in [1.807, 2.05) is 11.8 Å². The lowest BCUT2D eigenvalue weighted by molar-refractivity contribution is -0.136. The summed E-state index contributed by atoms with van der Waals surface area (Å²) in [6, 6.07) is 0. The number of carbonyl (C=O) groups excluding carboxylic acids is 2. The zero-order valence-corrected chi connectivity index (χ0v) is 11.4. The minimum absolute atomic E-state index is 0.0164. The van der Waals surface area contributed by atoms with Gasteiger partial charge in [-0.2, -0.15) is 0 Å². The van der Waals surface area contributed by atoms with Crippen LogP contribution < -0.4 is 11.1 Å². The molecule has 1 unspecified atom stereocenters. The van der Waals surface area contributed by atoms with Gasteiger partial charge in [0.05, 0.1) is 5.92 Å². The molecule has 5 heteroatoms. The molecule has 1 rings (SSSR count). The monoisotopic (exact) mass is 255 g/mol. The summed E-state index contributed by atoms with van der Waals surface area (Å²) >= 11 is 0. The summed E-state index contributed by atoms with van der Waals surface area (Å²) in [7, 11) is 0. The lowest BCUT2D eigenvalue weighted by Crippen LogP contribution is -2.45. The first kappa shape index (κ1) is 15.0. The van der Waals surface area contributed by atoms with Gasteiger partial charge in [-0.25, -0.2) is 0 Å². The molecule has 0 aliphatic carbocycles. The van der Waals surface area contributed by atoms with Gasteiger partial charge in [0, 0.05) is 33.1 Å². The van der Waals surface area contributed by atoms with Gasteiger partial charge in [-0.05, 0) is 25.2 Å². The van der Waals surface area contributed by atoms with Crippen LogP contribution in [0.4, 0.5) is 0 Å². The second kappa shape index (κ2) is 7.36. The first-order chi connectivity index (χ1) is 8.58. The van der Waals surface area contributed by atoms with Gasteiger partial charge >= 0.3 is 0 Å². The molecule has 104 valence electrons. The average molecular weight is 255 g/mol. The number of nitrogens with two attached hydrogens (primary N) is 1. The van der Waals surface area contributed by atoms with Crippen molar-refractivity contribution >= 4 is 11.8 Å². The van der Waals surface area contributed by atoms with Gasteiger partial charge < -0.3 is 16.0 Å². The first-order valence-electron chi connectivity index (χ1n) is 6.81. The zero-order chi connectivity index (χ0) is 13.5. The number of rotatable bonds is 5. The van der Waals surface area contributed by atoms with E-state index in [9.17, 15) is 9.59 Å². The van der Waals surface area contributed by atoms with Gasteiger partial charge in [0.15, 0.2) is 0 Å². The molecule has 1 heterocycles. The van der Waals surface area contributed by atoms with Crippen LogP contribution in [0.5, 0.6) is 0 Å². The Morgan fingerprint density at radius 3 is 2.44 bits per heavy atom. The van der Waals surface area contributed by atoms with Crippen LogP contribution in [-0.2, 0) is 9.59 Å². The average Bonchev–Trinajstić information content (AvgIpc) is 2.38. The third kappa shape index (κ3) is 4.29. The molecular formula is C13H25N3O2. The van der Waals surface area contributed by atoms with Crippen LogP contribution in [0.25, 0.3) is 0 Å². The number of nitrogens with zero attached hydrogens (tertiary/aromatic N) is 1. The molecule has 1 fully saturated rings. The lowest BCUT2D eigenvalue weighted by Gasteiger charge is -2.34. The van der Waals surface area contributed by atoms with Crippen LogP contribution in [0, 0.1) is 11.8 Å². The van der Waals surface area contributed by atoms with E-state index in [2.05, 4.69) is 5.32 Å². The van der Waals surface area contributed by atoms with Crippen LogP contribution in [0.1, 0.15) is 33.1 Å². The maximum atomic E-state index is 12.1. The first-order valence-corrected chi connectivity index (χ1v) is 6.81. The number of nitrogens with one attached hydrogen (secondary N) is 1. The number of hydrogen-bond acceptors (Lipinski definition) is 3. The molecule has 1 atom stereocenters. The van der Waals surface area contributed by atoms with E-state index < -0.39 is 0 Å². The minimum atomic E-state index is -0.0307. The van der Waals surface area contributed by atoms with Gasteiger partial charge in [-0.1, -0.05) is 6.92 Å². The van der Waals surface area contributed by atoms with Gasteiger partial charge in [-0.3, -0.25) is 9.59 Å². The maximum Gasteiger partial charge on any atom is 0.226 e. The van der Waals surface area contributed by atoms with E-state index in [1.54, 1.807) is 0 Å². The Labute approximate surface area is 109 Å². The molecule has 0 radical (unpaired) electrons. The number of likely N-dealkylation sites (tertiary alicyclic amines) is 1. The molecule has 0 spiro atoms. The summed E-state index contributed by atoms with van der Waals surface area (Å²) in [5.74, 6) is 0.674. The van der Waals surface area contributed by atoms with Crippen LogP contribution in [0.15, 0.2) is 0 Å². The highest BCUT2D eigenvalue weighted by Crippen LogP contribution is 2.18. The second-order valence-corrected chi connectivity index (χ2v) is 5.05. The molecule has 1 aliphatic heterocycles. The Kier molecular flexibility index (Phi) is 6.12. The maximum absolute atomic E-state index is 12.1. The molecule has 5 nitrogen and oxygen atoms in total. The van der Waals surface area contributed by atoms with Crippen molar-refractivity contribution in [3.8, 4) is 0 Å². The molecule has 0 bridgehead atoms. The van der Waals surface area contributed by atoms with Gasteiger partial charge in [-0.15, -0.1) is 0 Å². The molecule has 0 saturated carbocycles. The molecule has 2 amide bonds. The third-order valence-corrected chi connectivity index (χ3v) is 3.69. The lowest BCUT2D eigenvalue weighted by atomic mass is 9.95. The summed E-state index contributed by atoms with van der Waals surface area (Å²) in [5, 5.41) is 2.84. The predicted octanol–water partition coefficient (Wildman–Crippen LogP) is 0.346. The topological polar surface area (TPSA) is 75.4 Å². The van der Waals surface area contributed by atoms with E-state index in [1.165, 1.54) is 6.92 Å². The van der Waals surface area contributed by atoms with Gasteiger partial charge in [0.2, 0.25) is 11.8 Å². The molecular weight excluding hydrogens is 230 g/mol. The zero-order valence-electron chi connectivity index (χ0n) is 11.4. The highest BCUT2D eigenvalue weighted by Gasteiger charge is 2.26. The largest absolute Gasteiger partial charge is 0.356 e. The minimum Gasteiger partial charge on any atom is -0.356 e. The summed E-state index contributed by atoms with van der Waals surface area (Å²) < 4.78 is 0. The standard InChI is InChI=1S/C13H25N3O2/c1-3-12(8-14)13(18)16-6-4-11(5-7-16)9-15-10(2)17/h11-12H,3-9,14H2,1-2H3,(H,15,17). The number of hydrogen-bond donors (Lipinski definition) is 2. The van der Waals surface area contributed by atoms with E-state index in [0.29, 0.717) is 12.5 Å². The molecule has 3 N–H and O–H groups in total. The Morgan fingerprint density at radius 2 is 2.00 bits per heavy atom. The summed E-state index contributed by atoms with van der Waals surface area (Å²) in [6.07, 6.45) is 2.74. The Bertz CT molecular complexity index is 282. The van der Waals surface area contributed by atoms with Crippen LogP contribution in [-0.4, -0.2) is 42.9 Å². The van der Waals surface area contributed by atoms with Crippen molar-refractivity contribution in [1.29, 1.82) is 0 Å². The highest BCUT2D eigenvalue weighted by molar-refractivity contribution is 5.79. The Hall–Kier alpha value is -1.10. The fourth-order valence-corrected chi connectivity index (χ4v) is 2.35. The molecule has 0 aromatic heterocycles. The summed E-state index contributed by atoms with van der Waals surface area (Å²) in [4.78, 5) is 24.9. The SMILES string of the molecule is CCC(CN)C(=O)N1CCC(CNC(C)=O)CC1. The van der Waals surface area contributed by atoms with E-state index >= 15 is 0 Å². The van der Waals surface area contributed by atoms with Crippen molar-refractivity contribution < 1.29 is 9.59 Å². The van der Waals surface area contributed by atoms with Gasteiger partial charge in [0.25, 0.3) is 0 Å². The highest BCUT2D eigenvalue weighted by atomic mass is 16.2. The smallest absolute Gasteiger partial charge is 0.226 e. The third-order valence-electron chi connectivity index (χ3n) is 3.69. The van der Waals surface area contributed by atoms with Crippen LogP contribution >= 0.6 is 0 Å². The van der Waals surface area contributed by atoms with E-state index in [4.69, 9.17) is 5.73 Å². The number of amides is 2. The summed E-state index contributed by atoms with van der Waals surface area (Å²) in [5.41, 5.74) is 5.60. The number of carbonyl (C=O) groups is 2. The quantitative estimate of drug-likeness (QED) is 0.744. The Morgan fingerprint density at radius 1 is 1.39 bits per heavy atom. The molecule has 1 saturated heterocycles. The predicted molar refractivity (Wildman–Crippen MR) is 70.8 cm³/mol. The fourth-order valence-electron chi connectivity index (χ4n) is 2.35. The van der Waals surface area contributed by atoms with Crippen molar-refractivity contribution in [2.45, 2.75) is 33.1 Å². The molecule has 1 aliphatic rings. The van der Waals surface area contributed by atoms with E-state index in [-0.39, 0.29) is 17.7 Å². The summed E-state index contributed by atoms with van der Waals surface area (Å²) in [6.45, 7) is 6.27. The van der Waals surface area contributed by atoms with Crippen LogP contribution in [0.3, 0.4) is 0 Å². The second-order valence-electron chi connectivity index (χ2n) is 5.05.